The van der Waals surface area contributed by atoms with Crippen LogP contribution in [0.3, 0.4) is 0 Å². The van der Waals surface area contributed by atoms with Crippen molar-refractivity contribution in [3.05, 3.63) is 0 Å². The average Bonchev–Trinajstić information content (AvgIpc) is 2.08. The van der Waals surface area contributed by atoms with Crippen molar-refractivity contribution in [2.45, 2.75) is 51.9 Å². The number of amides is 1. The third kappa shape index (κ3) is 7.82. The lowest BCUT2D eigenvalue weighted by Crippen LogP contribution is -2.44. The van der Waals surface area contributed by atoms with Crippen molar-refractivity contribution in [3.8, 4) is 0 Å². The van der Waals surface area contributed by atoms with Gasteiger partial charge in [0.15, 0.2) is 0 Å². The van der Waals surface area contributed by atoms with Crippen LogP contribution in [0.4, 0.5) is 4.79 Å². The third-order valence-electron chi connectivity index (χ3n) is 1.92. The van der Waals surface area contributed by atoms with Crippen molar-refractivity contribution in [3.63, 3.8) is 0 Å². The first-order chi connectivity index (χ1) is 7.26. The number of carbonyl (C=O) groups excluding carboxylic acids is 1. The van der Waals surface area contributed by atoms with Crippen LogP contribution in [0, 0.1) is 0 Å². The van der Waals surface area contributed by atoms with Gasteiger partial charge in [0.1, 0.15) is 5.60 Å². The van der Waals surface area contributed by atoms with Gasteiger partial charge in [0.05, 0.1) is 12.1 Å². The molecule has 0 aliphatic rings. The third-order valence-corrected chi connectivity index (χ3v) is 2.56. The highest BCUT2D eigenvalue weighted by atomic mass is 32.2. The van der Waals surface area contributed by atoms with Crippen LogP contribution < -0.4 is 5.32 Å². The molecule has 0 heterocycles. The molecule has 0 aromatic heterocycles. The van der Waals surface area contributed by atoms with E-state index in [9.17, 15) is 9.90 Å². The molecule has 0 fully saturated rings. The maximum atomic E-state index is 11.5. The van der Waals surface area contributed by atoms with Crippen LogP contribution in [0.1, 0.15) is 34.1 Å². The van der Waals surface area contributed by atoms with Crippen LogP contribution in [0.25, 0.3) is 0 Å². The van der Waals surface area contributed by atoms with E-state index in [0.29, 0.717) is 0 Å². The Hall–Kier alpha value is -0.420. The number of thioether (sulfide) groups is 1. The van der Waals surface area contributed by atoms with Crippen molar-refractivity contribution in [1.82, 2.24) is 5.32 Å². The van der Waals surface area contributed by atoms with Gasteiger partial charge in [-0.15, -0.1) is 0 Å². The Morgan fingerprint density at radius 1 is 1.50 bits per heavy atom. The molecule has 2 atom stereocenters. The molecule has 0 bridgehead atoms. The minimum atomic E-state index is -0.570. The summed E-state index contributed by atoms with van der Waals surface area (Å²) in [6.45, 7) is 7.10. The van der Waals surface area contributed by atoms with Gasteiger partial charge in [-0.1, -0.05) is 0 Å². The van der Waals surface area contributed by atoms with Crippen LogP contribution in [0.5, 0.6) is 0 Å². The first-order valence-electron chi connectivity index (χ1n) is 5.43. The molecule has 0 aromatic rings. The Labute approximate surface area is 102 Å². The first kappa shape index (κ1) is 15.6. The highest BCUT2D eigenvalue weighted by molar-refractivity contribution is 7.98. The maximum absolute atomic E-state index is 11.5. The summed E-state index contributed by atoms with van der Waals surface area (Å²) in [4.78, 5) is 11.5. The van der Waals surface area contributed by atoms with E-state index in [4.69, 9.17) is 4.74 Å². The SMILES string of the molecule is CSCC[C@@H](NC(=O)OC(C)(C)C)C(C)O. The minimum absolute atomic E-state index is 0.248. The van der Waals surface area contributed by atoms with Crippen molar-refractivity contribution in [1.29, 1.82) is 0 Å². The first-order valence-corrected chi connectivity index (χ1v) is 6.82. The van der Waals surface area contributed by atoms with Crippen LogP contribution >= 0.6 is 11.8 Å². The van der Waals surface area contributed by atoms with Crippen molar-refractivity contribution in [2.75, 3.05) is 12.0 Å². The molecule has 2 N–H and O–H groups in total. The molecular formula is C11H23NO3S. The van der Waals surface area contributed by atoms with Gasteiger partial charge in [-0.3, -0.25) is 0 Å². The van der Waals surface area contributed by atoms with Gasteiger partial charge in [0.25, 0.3) is 0 Å². The summed E-state index contributed by atoms with van der Waals surface area (Å²) < 4.78 is 5.13. The number of hydrogen-bond donors (Lipinski definition) is 2. The molecule has 0 spiro atoms. The zero-order valence-electron chi connectivity index (χ0n) is 10.7. The number of rotatable bonds is 5. The monoisotopic (exact) mass is 249 g/mol. The van der Waals surface area contributed by atoms with E-state index in [1.165, 1.54) is 0 Å². The number of aliphatic hydroxyl groups is 1. The number of hydrogen-bond acceptors (Lipinski definition) is 4. The zero-order chi connectivity index (χ0) is 12.8. The van der Waals surface area contributed by atoms with Gasteiger partial charge in [-0.25, -0.2) is 4.79 Å². The molecule has 4 nitrogen and oxygen atoms in total. The number of ether oxygens (including phenoxy) is 1. The Balaban J connectivity index is 4.13. The Kier molecular flexibility index (Phi) is 6.83. The Bertz CT molecular complexity index is 214. The maximum Gasteiger partial charge on any atom is 0.407 e. The molecule has 0 aromatic carbocycles. The second-order valence-electron chi connectivity index (χ2n) is 4.77. The van der Waals surface area contributed by atoms with Crippen LogP contribution in [0.15, 0.2) is 0 Å². The minimum Gasteiger partial charge on any atom is -0.444 e. The second kappa shape index (κ2) is 7.01. The number of carbonyl (C=O) groups is 1. The average molecular weight is 249 g/mol. The summed E-state index contributed by atoms with van der Waals surface area (Å²) in [6, 6.07) is -0.248. The standard InChI is InChI=1S/C11H23NO3S/c1-8(13)9(6-7-16-5)12-10(14)15-11(2,3)4/h8-9,13H,6-7H2,1-5H3,(H,12,14)/t8?,9-/m1/s1. The molecule has 5 heteroatoms. The molecule has 0 saturated carbocycles. The normalized spacial score (nSPS) is 15.4. The smallest absolute Gasteiger partial charge is 0.407 e. The fourth-order valence-corrected chi connectivity index (χ4v) is 1.63. The fraction of sp³-hybridized carbons (Fsp3) is 0.909. The lowest BCUT2D eigenvalue weighted by atomic mass is 10.1. The van der Waals surface area contributed by atoms with E-state index in [-0.39, 0.29) is 6.04 Å². The van der Waals surface area contributed by atoms with E-state index in [1.807, 2.05) is 27.0 Å². The van der Waals surface area contributed by atoms with E-state index >= 15 is 0 Å². The number of aliphatic hydroxyl groups excluding tert-OH is 1. The molecule has 96 valence electrons. The molecule has 16 heavy (non-hydrogen) atoms. The molecule has 1 amide bonds. The van der Waals surface area contributed by atoms with Crippen LogP contribution in [0.2, 0.25) is 0 Å². The van der Waals surface area contributed by atoms with Crippen molar-refractivity contribution in [2.24, 2.45) is 0 Å². The Morgan fingerprint density at radius 3 is 2.44 bits per heavy atom. The van der Waals surface area contributed by atoms with Gasteiger partial charge in [-0.2, -0.15) is 11.8 Å². The quantitative estimate of drug-likeness (QED) is 0.782. The summed E-state index contributed by atoms with van der Waals surface area (Å²) in [7, 11) is 0. The Morgan fingerprint density at radius 2 is 2.06 bits per heavy atom. The van der Waals surface area contributed by atoms with Crippen molar-refractivity contribution < 1.29 is 14.6 Å². The molecule has 1 unspecified atom stereocenters. The highest BCUT2D eigenvalue weighted by Gasteiger charge is 2.21. The van der Waals surface area contributed by atoms with Gasteiger partial charge in [-0.05, 0) is 46.1 Å². The second-order valence-corrected chi connectivity index (χ2v) is 5.76. The van der Waals surface area contributed by atoms with E-state index in [0.717, 1.165) is 12.2 Å². The van der Waals surface area contributed by atoms with Gasteiger partial charge in [0.2, 0.25) is 0 Å². The van der Waals surface area contributed by atoms with Gasteiger partial charge >= 0.3 is 6.09 Å². The van der Waals surface area contributed by atoms with Crippen molar-refractivity contribution >= 4 is 17.9 Å². The van der Waals surface area contributed by atoms with Gasteiger partial charge in [0, 0.05) is 0 Å². The molecule has 0 saturated heterocycles. The molecular weight excluding hydrogens is 226 g/mol. The number of nitrogens with one attached hydrogen (secondary N) is 1. The molecule has 0 radical (unpaired) electrons. The molecule has 0 aliphatic carbocycles. The van der Waals surface area contributed by atoms with Gasteiger partial charge < -0.3 is 15.2 Å². The molecule has 0 aliphatic heterocycles. The predicted octanol–water partition coefficient (Wildman–Crippen LogP) is 2.01. The topological polar surface area (TPSA) is 58.6 Å². The van der Waals surface area contributed by atoms with Crippen LogP contribution in [-0.2, 0) is 4.74 Å². The predicted molar refractivity (Wildman–Crippen MR) is 67.8 cm³/mol. The summed E-state index contributed by atoms with van der Waals surface area (Å²) in [5, 5.41) is 12.2. The highest BCUT2D eigenvalue weighted by Crippen LogP contribution is 2.09. The largest absolute Gasteiger partial charge is 0.444 e. The van der Waals surface area contributed by atoms with Crippen LogP contribution in [-0.4, -0.2) is 41.0 Å². The summed E-state index contributed by atoms with van der Waals surface area (Å²) in [5.74, 6) is 0.894. The number of alkyl carbamates (subject to hydrolysis) is 1. The lowest BCUT2D eigenvalue weighted by Gasteiger charge is -2.25. The lowest BCUT2D eigenvalue weighted by molar-refractivity contribution is 0.0435. The summed E-state index contributed by atoms with van der Waals surface area (Å²) in [6.07, 6.45) is 1.68. The van der Waals surface area contributed by atoms with E-state index in [1.54, 1.807) is 18.7 Å². The van der Waals surface area contributed by atoms with E-state index in [2.05, 4.69) is 5.32 Å². The van der Waals surface area contributed by atoms with E-state index < -0.39 is 17.8 Å². The summed E-state index contributed by atoms with van der Waals surface area (Å²) in [5.41, 5.74) is -0.507. The fourth-order valence-electron chi connectivity index (χ4n) is 1.14. The summed E-state index contributed by atoms with van der Waals surface area (Å²) >= 11 is 1.68. The zero-order valence-corrected chi connectivity index (χ0v) is 11.6. The molecule has 0 rings (SSSR count).